The molecule has 0 amide bonds. The quantitative estimate of drug-likeness (QED) is 0.184. The normalized spacial score (nSPS) is 11.3. The van der Waals surface area contributed by atoms with Crippen LogP contribution in [0.15, 0.2) is 186 Å². The molecule has 7 aromatic carbocycles. The van der Waals surface area contributed by atoms with E-state index in [0.29, 0.717) is 5.82 Å². The van der Waals surface area contributed by atoms with Gasteiger partial charge in [0.25, 0.3) is 0 Å². The van der Waals surface area contributed by atoms with Gasteiger partial charge in [0.15, 0.2) is 5.82 Å². The molecule has 2 aromatic heterocycles. The second-order valence-electron chi connectivity index (χ2n) is 12.2. The number of para-hydroxylation sites is 1. The monoisotopic (exact) mass is 626 g/mol. The fourth-order valence-electron chi connectivity index (χ4n) is 6.64. The molecule has 0 saturated carbocycles. The Balaban J connectivity index is 1.14. The van der Waals surface area contributed by atoms with Gasteiger partial charge < -0.3 is 4.42 Å². The van der Waals surface area contributed by atoms with Crippen molar-refractivity contribution in [2.75, 3.05) is 0 Å². The van der Waals surface area contributed by atoms with Gasteiger partial charge in [-0.15, -0.1) is 0 Å². The fourth-order valence-corrected chi connectivity index (χ4v) is 6.64. The van der Waals surface area contributed by atoms with E-state index in [1.165, 1.54) is 11.1 Å². The van der Waals surface area contributed by atoms with Gasteiger partial charge in [0.2, 0.25) is 0 Å². The Hall–Kier alpha value is -6.58. The average Bonchev–Trinajstić information content (AvgIpc) is 3.58. The van der Waals surface area contributed by atoms with Crippen molar-refractivity contribution >= 4 is 21.9 Å². The minimum atomic E-state index is 0.691. The maximum Gasteiger partial charge on any atom is 0.160 e. The highest BCUT2D eigenvalue weighted by molar-refractivity contribution is 6.12. The van der Waals surface area contributed by atoms with Crippen molar-refractivity contribution < 1.29 is 4.42 Å². The summed E-state index contributed by atoms with van der Waals surface area (Å²) in [6.07, 6.45) is 0. The van der Waals surface area contributed by atoms with Crippen LogP contribution in [-0.2, 0) is 0 Å². The summed E-state index contributed by atoms with van der Waals surface area (Å²) >= 11 is 0. The highest BCUT2D eigenvalue weighted by Gasteiger charge is 2.15. The van der Waals surface area contributed by atoms with Crippen molar-refractivity contribution in [3.05, 3.63) is 182 Å². The van der Waals surface area contributed by atoms with Crippen molar-refractivity contribution in [1.29, 1.82) is 0 Å². The third-order valence-corrected chi connectivity index (χ3v) is 9.14. The summed E-state index contributed by atoms with van der Waals surface area (Å²) in [5.74, 6) is 0.691. The van der Waals surface area contributed by atoms with Gasteiger partial charge >= 0.3 is 0 Å². The minimum Gasteiger partial charge on any atom is -0.456 e. The van der Waals surface area contributed by atoms with Crippen molar-refractivity contribution in [2.24, 2.45) is 0 Å². The van der Waals surface area contributed by atoms with E-state index in [9.17, 15) is 0 Å². The van der Waals surface area contributed by atoms with Crippen LogP contribution < -0.4 is 0 Å². The van der Waals surface area contributed by atoms with Crippen LogP contribution in [0.2, 0.25) is 0 Å². The van der Waals surface area contributed by atoms with Crippen LogP contribution in [-0.4, -0.2) is 9.97 Å². The molecule has 0 radical (unpaired) electrons. The predicted molar refractivity (Wildman–Crippen MR) is 202 cm³/mol. The molecule has 3 heteroatoms. The van der Waals surface area contributed by atoms with Crippen molar-refractivity contribution in [3.63, 3.8) is 0 Å². The van der Waals surface area contributed by atoms with Gasteiger partial charge in [0, 0.05) is 27.5 Å². The molecule has 0 spiro atoms. The van der Waals surface area contributed by atoms with Gasteiger partial charge in [-0.2, -0.15) is 0 Å². The highest BCUT2D eigenvalue weighted by atomic mass is 16.3. The van der Waals surface area contributed by atoms with E-state index in [4.69, 9.17) is 14.4 Å². The van der Waals surface area contributed by atoms with Gasteiger partial charge in [-0.3, -0.25) is 0 Å². The summed E-state index contributed by atoms with van der Waals surface area (Å²) < 4.78 is 6.17. The molecule has 0 fully saturated rings. The first-order valence-corrected chi connectivity index (χ1v) is 16.5. The Morgan fingerprint density at radius 2 is 0.816 bits per heavy atom. The number of fused-ring (bicyclic) bond motifs is 3. The van der Waals surface area contributed by atoms with E-state index >= 15 is 0 Å². The van der Waals surface area contributed by atoms with Crippen LogP contribution in [0.4, 0.5) is 0 Å². The summed E-state index contributed by atoms with van der Waals surface area (Å²) in [6, 6.07) is 63.2. The Kier molecular flexibility index (Phi) is 7.14. The third kappa shape index (κ3) is 5.48. The lowest BCUT2D eigenvalue weighted by Gasteiger charge is -2.12. The van der Waals surface area contributed by atoms with Crippen LogP contribution in [0.5, 0.6) is 0 Å². The molecule has 3 nitrogen and oxygen atoms in total. The van der Waals surface area contributed by atoms with E-state index < -0.39 is 0 Å². The van der Waals surface area contributed by atoms with Gasteiger partial charge in [-0.25, -0.2) is 9.97 Å². The molecule has 0 aliphatic rings. The molecule has 2 heterocycles. The fraction of sp³-hybridized carbons (Fsp3) is 0. The molecule has 9 rings (SSSR count). The zero-order chi connectivity index (χ0) is 32.6. The number of hydrogen-bond acceptors (Lipinski definition) is 3. The average molecular weight is 627 g/mol. The third-order valence-electron chi connectivity index (χ3n) is 9.14. The molecule has 0 aliphatic heterocycles. The van der Waals surface area contributed by atoms with E-state index in [1.807, 2.05) is 30.3 Å². The van der Waals surface area contributed by atoms with Crippen LogP contribution in [0.1, 0.15) is 0 Å². The van der Waals surface area contributed by atoms with Gasteiger partial charge in [0.05, 0.1) is 11.4 Å². The summed E-state index contributed by atoms with van der Waals surface area (Å²) in [4.78, 5) is 10.3. The standard InChI is InChI=1S/C46H30N2O/c1-3-11-31(12-4-1)33-21-25-35(26-22-33)41-30-42(48-46(47-41)38-16-9-15-37(29-38)32-13-5-2-6-14-32)36-27-23-34(24-28-36)39-18-10-20-44-45(39)40-17-7-8-19-43(40)49-44/h1-30H. The number of benzene rings is 7. The number of nitrogens with zero attached hydrogens (tertiary/aromatic N) is 2. The maximum atomic E-state index is 6.17. The van der Waals surface area contributed by atoms with E-state index in [-0.39, 0.29) is 0 Å². The Bertz CT molecular complexity index is 2570. The summed E-state index contributed by atoms with van der Waals surface area (Å²) in [7, 11) is 0. The Labute approximate surface area is 284 Å². The first kappa shape index (κ1) is 28.6. The number of furan rings is 1. The van der Waals surface area contributed by atoms with Crippen LogP contribution >= 0.6 is 0 Å². The summed E-state index contributed by atoms with van der Waals surface area (Å²) in [5, 5.41) is 2.26. The topological polar surface area (TPSA) is 38.9 Å². The molecule has 0 bridgehead atoms. The zero-order valence-corrected chi connectivity index (χ0v) is 26.6. The van der Waals surface area contributed by atoms with Gasteiger partial charge in [-0.1, -0.05) is 158 Å². The van der Waals surface area contributed by atoms with Crippen molar-refractivity contribution in [3.8, 4) is 67.3 Å². The lowest BCUT2D eigenvalue weighted by atomic mass is 9.97. The van der Waals surface area contributed by atoms with Crippen molar-refractivity contribution in [1.82, 2.24) is 9.97 Å². The lowest BCUT2D eigenvalue weighted by Crippen LogP contribution is -1.96. The second-order valence-corrected chi connectivity index (χ2v) is 12.2. The minimum absolute atomic E-state index is 0.691. The molecule has 0 atom stereocenters. The molecule has 0 aliphatic carbocycles. The highest BCUT2D eigenvalue weighted by Crippen LogP contribution is 2.38. The van der Waals surface area contributed by atoms with Crippen LogP contribution in [0.3, 0.4) is 0 Å². The van der Waals surface area contributed by atoms with Crippen LogP contribution in [0, 0.1) is 0 Å². The smallest absolute Gasteiger partial charge is 0.160 e. The first-order chi connectivity index (χ1) is 24.3. The number of hydrogen-bond donors (Lipinski definition) is 0. The molecular weight excluding hydrogens is 597 g/mol. The van der Waals surface area contributed by atoms with Crippen molar-refractivity contribution in [2.45, 2.75) is 0 Å². The van der Waals surface area contributed by atoms with Gasteiger partial charge in [0.1, 0.15) is 11.2 Å². The van der Waals surface area contributed by atoms with E-state index in [1.54, 1.807) is 0 Å². The Morgan fingerprint density at radius 3 is 1.51 bits per heavy atom. The molecule has 0 unspecified atom stereocenters. The largest absolute Gasteiger partial charge is 0.456 e. The van der Waals surface area contributed by atoms with Gasteiger partial charge in [-0.05, 0) is 57.6 Å². The van der Waals surface area contributed by atoms with E-state index in [2.05, 4.69) is 152 Å². The molecular formula is C46H30N2O. The maximum absolute atomic E-state index is 6.17. The summed E-state index contributed by atoms with van der Waals surface area (Å²) in [6.45, 7) is 0. The molecule has 230 valence electrons. The Morgan fingerprint density at radius 1 is 0.327 bits per heavy atom. The number of aromatic nitrogens is 2. The molecule has 49 heavy (non-hydrogen) atoms. The molecule has 9 aromatic rings. The van der Waals surface area contributed by atoms with E-state index in [0.717, 1.165) is 72.3 Å². The first-order valence-electron chi connectivity index (χ1n) is 16.5. The lowest BCUT2D eigenvalue weighted by molar-refractivity contribution is 0.669. The van der Waals surface area contributed by atoms with Crippen LogP contribution in [0.25, 0.3) is 89.2 Å². The SMILES string of the molecule is c1ccc(-c2ccc(-c3cc(-c4ccc(-c5cccc6oc7ccccc7c56)cc4)nc(-c4cccc(-c5ccccc5)c4)n3)cc2)cc1. The summed E-state index contributed by atoms with van der Waals surface area (Å²) in [5.41, 5.74) is 13.5. The number of rotatable bonds is 6. The zero-order valence-electron chi connectivity index (χ0n) is 26.6. The second kappa shape index (κ2) is 12.2. The molecule has 0 N–H and O–H groups in total. The predicted octanol–water partition coefficient (Wildman–Crippen LogP) is 12.4. The molecule has 0 saturated heterocycles.